The Morgan fingerprint density at radius 3 is 2.30 bits per heavy atom. The number of hydrogen-bond acceptors (Lipinski definition) is 3. The molecule has 0 aromatic carbocycles. The zero-order valence-electron chi connectivity index (χ0n) is 7.05. The minimum Gasteiger partial charge on any atom is -0.399 e. The van der Waals surface area contributed by atoms with E-state index in [0.717, 1.165) is 5.71 Å². The third-order valence-electron chi connectivity index (χ3n) is 1.17. The first-order valence-corrected chi connectivity index (χ1v) is 3.31. The second-order valence-electron chi connectivity index (χ2n) is 2.35. The van der Waals surface area contributed by atoms with E-state index in [-0.39, 0.29) is 0 Å². The molecular formula is C7H15NO2. The molecule has 0 aromatic rings. The maximum atomic E-state index is 4.91. The van der Waals surface area contributed by atoms with E-state index in [0.29, 0.717) is 12.5 Å². The van der Waals surface area contributed by atoms with Gasteiger partial charge in [0.2, 0.25) is 0 Å². The van der Waals surface area contributed by atoms with Gasteiger partial charge in [0.15, 0.2) is 0 Å². The van der Waals surface area contributed by atoms with Crippen molar-refractivity contribution < 1.29 is 9.57 Å². The summed E-state index contributed by atoms with van der Waals surface area (Å²) in [7, 11) is 3.19. The van der Waals surface area contributed by atoms with Crippen molar-refractivity contribution in [2.24, 2.45) is 11.1 Å². The first-order chi connectivity index (χ1) is 4.72. The summed E-state index contributed by atoms with van der Waals surface area (Å²) in [5, 5.41) is 3.81. The number of rotatable bonds is 4. The Kier molecular flexibility index (Phi) is 4.94. The zero-order valence-corrected chi connectivity index (χ0v) is 7.05. The number of ether oxygens (including phenoxy) is 1. The fourth-order valence-electron chi connectivity index (χ4n) is 0.564. The average Bonchev–Trinajstić information content (AvgIpc) is 1.87. The molecule has 60 valence electrons. The Balaban J connectivity index is 3.85. The molecule has 0 N–H and O–H groups in total. The zero-order chi connectivity index (χ0) is 7.98. The van der Waals surface area contributed by atoms with Crippen LogP contribution in [0.4, 0.5) is 0 Å². The molecular weight excluding hydrogens is 130 g/mol. The summed E-state index contributed by atoms with van der Waals surface area (Å²) in [4.78, 5) is 4.63. The minimum atomic E-state index is 0.389. The second-order valence-corrected chi connectivity index (χ2v) is 2.35. The predicted molar refractivity (Wildman–Crippen MR) is 41.2 cm³/mol. The number of methoxy groups -OCH3 is 1. The molecule has 0 bridgehead atoms. The monoisotopic (exact) mass is 145 g/mol. The SMILES string of the molecule is COC/C(=N/OC)C(C)C. The summed E-state index contributed by atoms with van der Waals surface area (Å²) in [6.07, 6.45) is 0. The van der Waals surface area contributed by atoms with Crippen LogP contribution in [0.2, 0.25) is 0 Å². The first kappa shape index (κ1) is 9.43. The average molecular weight is 145 g/mol. The van der Waals surface area contributed by atoms with E-state index < -0.39 is 0 Å². The summed E-state index contributed by atoms with van der Waals surface area (Å²) < 4.78 is 4.91. The van der Waals surface area contributed by atoms with Crippen LogP contribution in [0.15, 0.2) is 5.16 Å². The third kappa shape index (κ3) is 3.45. The van der Waals surface area contributed by atoms with Gasteiger partial charge < -0.3 is 9.57 Å². The fraction of sp³-hybridized carbons (Fsp3) is 0.857. The van der Waals surface area contributed by atoms with Crippen LogP contribution in [0.5, 0.6) is 0 Å². The normalized spacial score (nSPS) is 12.3. The topological polar surface area (TPSA) is 30.8 Å². The Hall–Kier alpha value is -0.570. The van der Waals surface area contributed by atoms with Crippen LogP contribution in [-0.2, 0) is 9.57 Å². The Morgan fingerprint density at radius 2 is 2.00 bits per heavy atom. The molecule has 0 radical (unpaired) electrons. The maximum Gasteiger partial charge on any atom is 0.106 e. The van der Waals surface area contributed by atoms with Gasteiger partial charge >= 0.3 is 0 Å². The van der Waals surface area contributed by atoms with Gasteiger partial charge in [-0.3, -0.25) is 0 Å². The van der Waals surface area contributed by atoms with Crippen LogP contribution in [0.25, 0.3) is 0 Å². The molecule has 0 spiro atoms. The van der Waals surface area contributed by atoms with E-state index in [1.165, 1.54) is 7.11 Å². The Labute approximate surface area is 62.0 Å². The fourth-order valence-corrected chi connectivity index (χ4v) is 0.564. The lowest BCUT2D eigenvalue weighted by molar-refractivity contribution is 0.197. The molecule has 0 aliphatic carbocycles. The molecule has 3 nitrogen and oxygen atoms in total. The largest absolute Gasteiger partial charge is 0.399 e. The highest BCUT2D eigenvalue weighted by molar-refractivity contribution is 5.86. The molecule has 10 heavy (non-hydrogen) atoms. The molecule has 0 fully saturated rings. The summed E-state index contributed by atoms with van der Waals surface area (Å²) in [5.74, 6) is 0.389. The van der Waals surface area contributed by atoms with E-state index in [1.54, 1.807) is 7.11 Å². The Bertz CT molecular complexity index is 110. The Morgan fingerprint density at radius 1 is 1.40 bits per heavy atom. The van der Waals surface area contributed by atoms with Crippen molar-refractivity contribution in [3.05, 3.63) is 0 Å². The quantitative estimate of drug-likeness (QED) is 0.441. The molecule has 0 heterocycles. The second kappa shape index (κ2) is 5.23. The predicted octanol–water partition coefficient (Wildman–Crippen LogP) is 1.29. The summed E-state index contributed by atoms with van der Waals surface area (Å²) in [6, 6.07) is 0. The lowest BCUT2D eigenvalue weighted by Crippen LogP contribution is -2.14. The van der Waals surface area contributed by atoms with E-state index in [4.69, 9.17) is 4.74 Å². The molecule has 0 aliphatic rings. The van der Waals surface area contributed by atoms with E-state index in [1.807, 2.05) is 0 Å². The van der Waals surface area contributed by atoms with Crippen molar-refractivity contribution >= 4 is 5.71 Å². The van der Waals surface area contributed by atoms with Gasteiger partial charge in [-0.15, -0.1) is 0 Å². The van der Waals surface area contributed by atoms with Crippen LogP contribution in [-0.4, -0.2) is 26.5 Å². The van der Waals surface area contributed by atoms with Gasteiger partial charge in [-0.2, -0.15) is 0 Å². The van der Waals surface area contributed by atoms with Crippen LogP contribution >= 0.6 is 0 Å². The molecule has 0 aliphatic heterocycles. The maximum absolute atomic E-state index is 4.91. The summed E-state index contributed by atoms with van der Waals surface area (Å²) >= 11 is 0. The van der Waals surface area contributed by atoms with Crippen LogP contribution in [0.3, 0.4) is 0 Å². The lowest BCUT2D eigenvalue weighted by atomic mass is 10.1. The molecule has 0 amide bonds. The van der Waals surface area contributed by atoms with Gasteiger partial charge in [0, 0.05) is 7.11 Å². The number of nitrogens with zero attached hydrogens (tertiary/aromatic N) is 1. The molecule has 3 heteroatoms. The molecule has 0 atom stereocenters. The van der Waals surface area contributed by atoms with Gasteiger partial charge in [0.1, 0.15) is 7.11 Å². The van der Waals surface area contributed by atoms with Crippen molar-refractivity contribution in [3.8, 4) is 0 Å². The van der Waals surface area contributed by atoms with Gasteiger partial charge in [0.25, 0.3) is 0 Å². The van der Waals surface area contributed by atoms with Crippen LogP contribution in [0, 0.1) is 5.92 Å². The van der Waals surface area contributed by atoms with Crippen LogP contribution < -0.4 is 0 Å². The van der Waals surface area contributed by atoms with Crippen molar-refractivity contribution in [2.45, 2.75) is 13.8 Å². The summed E-state index contributed by atoms with van der Waals surface area (Å²) in [6.45, 7) is 4.65. The van der Waals surface area contributed by atoms with Crippen molar-refractivity contribution in [1.82, 2.24) is 0 Å². The van der Waals surface area contributed by atoms with Crippen molar-refractivity contribution in [3.63, 3.8) is 0 Å². The van der Waals surface area contributed by atoms with Gasteiger partial charge in [-0.1, -0.05) is 19.0 Å². The van der Waals surface area contributed by atoms with Crippen LogP contribution in [0.1, 0.15) is 13.8 Å². The number of oxime groups is 1. The highest BCUT2D eigenvalue weighted by atomic mass is 16.6. The van der Waals surface area contributed by atoms with E-state index in [9.17, 15) is 0 Å². The van der Waals surface area contributed by atoms with Gasteiger partial charge in [0.05, 0.1) is 12.3 Å². The lowest BCUT2D eigenvalue weighted by Gasteiger charge is -2.06. The highest BCUT2D eigenvalue weighted by Gasteiger charge is 2.04. The molecule has 0 unspecified atom stereocenters. The smallest absolute Gasteiger partial charge is 0.106 e. The van der Waals surface area contributed by atoms with Crippen molar-refractivity contribution in [1.29, 1.82) is 0 Å². The molecule has 0 rings (SSSR count). The standard InChI is InChI=1S/C7H15NO2/c1-6(2)7(5-9-3)8-10-4/h6H,5H2,1-4H3/b8-7-. The van der Waals surface area contributed by atoms with E-state index in [2.05, 4.69) is 23.8 Å². The third-order valence-corrected chi connectivity index (χ3v) is 1.17. The minimum absolute atomic E-state index is 0.389. The van der Waals surface area contributed by atoms with Gasteiger partial charge in [-0.25, -0.2) is 0 Å². The summed E-state index contributed by atoms with van der Waals surface area (Å²) in [5.41, 5.74) is 0.935. The molecule has 0 saturated heterocycles. The van der Waals surface area contributed by atoms with Crippen molar-refractivity contribution in [2.75, 3.05) is 20.8 Å². The molecule has 0 aromatic heterocycles. The van der Waals surface area contributed by atoms with E-state index >= 15 is 0 Å². The highest BCUT2D eigenvalue weighted by Crippen LogP contribution is 1.97. The van der Waals surface area contributed by atoms with Gasteiger partial charge in [-0.05, 0) is 5.92 Å². The molecule has 0 saturated carbocycles. The first-order valence-electron chi connectivity index (χ1n) is 3.31. The number of hydrogen-bond donors (Lipinski definition) is 0.